The molecule has 0 heterocycles. The number of carbonyl (C=O) groups excluding carboxylic acids is 1. The predicted molar refractivity (Wildman–Crippen MR) is 72.4 cm³/mol. The van der Waals surface area contributed by atoms with Crippen molar-refractivity contribution in [3.05, 3.63) is 48.0 Å². The van der Waals surface area contributed by atoms with E-state index in [1.165, 1.54) is 0 Å². The van der Waals surface area contributed by atoms with E-state index in [0.717, 1.165) is 18.5 Å². The minimum Gasteiger partial charge on any atom is -0.271 e. The lowest BCUT2D eigenvalue weighted by molar-refractivity contribution is -1.08. The van der Waals surface area contributed by atoms with Gasteiger partial charge in [-0.25, -0.2) is 4.79 Å². The second-order valence-electron chi connectivity index (χ2n) is 4.82. The van der Waals surface area contributed by atoms with E-state index in [1.54, 1.807) is 6.92 Å². The minimum absolute atomic E-state index is 0.256. The normalized spacial score (nSPS) is 13.7. The SMILES string of the molecule is C=C(C)C(=O)O[N+](C)(CCC)Cc1ccccc1. The number of rotatable bonds is 6. The van der Waals surface area contributed by atoms with E-state index in [1.807, 2.05) is 37.4 Å². The van der Waals surface area contributed by atoms with Gasteiger partial charge in [0.25, 0.3) is 0 Å². The van der Waals surface area contributed by atoms with Gasteiger partial charge < -0.3 is 0 Å². The molecule has 1 unspecified atom stereocenters. The van der Waals surface area contributed by atoms with Crippen molar-refractivity contribution in [1.82, 2.24) is 0 Å². The second kappa shape index (κ2) is 6.36. The van der Waals surface area contributed by atoms with E-state index in [-0.39, 0.29) is 10.6 Å². The zero-order chi connectivity index (χ0) is 13.6. The Morgan fingerprint density at radius 3 is 2.44 bits per heavy atom. The first-order valence-corrected chi connectivity index (χ1v) is 6.25. The summed E-state index contributed by atoms with van der Waals surface area (Å²) in [4.78, 5) is 17.2. The van der Waals surface area contributed by atoms with Crippen LogP contribution in [0, 0.1) is 0 Å². The molecule has 98 valence electrons. The fourth-order valence-corrected chi connectivity index (χ4v) is 1.88. The van der Waals surface area contributed by atoms with Gasteiger partial charge in [-0.05, 0) is 13.3 Å². The predicted octanol–water partition coefficient (Wildman–Crippen LogP) is 3.08. The average molecular weight is 248 g/mol. The molecule has 0 amide bonds. The maximum absolute atomic E-state index is 11.7. The number of quaternary nitrogens is 1. The van der Waals surface area contributed by atoms with Gasteiger partial charge in [0.2, 0.25) is 0 Å². The molecule has 18 heavy (non-hydrogen) atoms. The molecular weight excluding hydrogens is 226 g/mol. The number of hydroxylamine groups is 3. The van der Waals surface area contributed by atoms with Gasteiger partial charge in [-0.2, -0.15) is 0 Å². The molecule has 0 bridgehead atoms. The first-order chi connectivity index (χ1) is 8.47. The Labute approximate surface area is 109 Å². The summed E-state index contributed by atoms with van der Waals surface area (Å²) >= 11 is 0. The summed E-state index contributed by atoms with van der Waals surface area (Å²) in [7, 11) is 1.93. The van der Waals surface area contributed by atoms with Crippen LogP contribution in [0.5, 0.6) is 0 Å². The molecule has 0 aliphatic rings. The lowest BCUT2D eigenvalue weighted by atomic mass is 10.2. The Kier molecular flexibility index (Phi) is 5.10. The van der Waals surface area contributed by atoms with Crippen LogP contribution in [0.4, 0.5) is 0 Å². The van der Waals surface area contributed by atoms with Gasteiger partial charge in [0, 0.05) is 11.1 Å². The number of nitrogens with zero attached hydrogens (tertiary/aromatic N) is 1. The Balaban J connectivity index is 2.80. The van der Waals surface area contributed by atoms with Crippen LogP contribution in [-0.4, -0.2) is 24.2 Å². The first-order valence-electron chi connectivity index (χ1n) is 6.25. The summed E-state index contributed by atoms with van der Waals surface area (Å²) in [6, 6.07) is 10.0. The third-order valence-corrected chi connectivity index (χ3v) is 2.71. The monoisotopic (exact) mass is 248 g/mol. The number of carbonyl (C=O) groups is 1. The average Bonchev–Trinajstić information content (AvgIpc) is 2.29. The van der Waals surface area contributed by atoms with Gasteiger partial charge in [-0.1, -0.05) is 43.8 Å². The number of benzene rings is 1. The van der Waals surface area contributed by atoms with Crippen molar-refractivity contribution in [1.29, 1.82) is 0 Å². The summed E-state index contributed by atoms with van der Waals surface area (Å²) in [5.74, 6) is -0.332. The molecule has 1 aromatic carbocycles. The molecule has 1 atom stereocenters. The van der Waals surface area contributed by atoms with Crippen LogP contribution in [0.15, 0.2) is 42.5 Å². The topological polar surface area (TPSA) is 26.3 Å². The van der Waals surface area contributed by atoms with Crippen molar-refractivity contribution < 1.29 is 14.3 Å². The highest BCUT2D eigenvalue weighted by Crippen LogP contribution is 2.15. The molecule has 0 saturated carbocycles. The van der Waals surface area contributed by atoms with E-state index < -0.39 is 0 Å². The fourth-order valence-electron chi connectivity index (χ4n) is 1.88. The molecule has 0 aromatic heterocycles. The van der Waals surface area contributed by atoms with Crippen LogP contribution in [-0.2, 0) is 16.2 Å². The molecule has 3 heteroatoms. The highest BCUT2D eigenvalue weighted by Gasteiger charge is 2.27. The van der Waals surface area contributed by atoms with Crippen LogP contribution in [0.2, 0.25) is 0 Å². The van der Waals surface area contributed by atoms with E-state index in [4.69, 9.17) is 4.84 Å². The van der Waals surface area contributed by atoms with Crippen molar-refractivity contribution in [2.45, 2.75) is 26.8 Å². The lowest BCUT2D eigenvalue weighted by Gasteiger charge is -2.30. The quantitative estimate of drug-likeness (QED) is 0.439. The second-order valence-corrected chi connectivity index (χ2v) is 4.82. The van der Waals surface area contributed by atoms with Gasteiger partial charge >= 0.3 is 5.97 Å². The van der Waals surface area contributed by atoms with Crippen molar-refractivity contribution in [3.8, 4) is 0 Å². The molecule has 0 fully saturated rings. The fraction of sp³-hybridized carbons (Fsp3) is 0.400. The Morgan fingerprint density at radius 1 is 1.33 bits per heavy atom. The van der Waals surface area contributed by atoms with Crippen LogP contribution < -0.4 is 0 Å². The molecular formula is C15H22NO2+. The van der Waals surface area contributed by atoms with Crippen molar-refractivity contribution in [2.75, 3.05) is 13.6 Å². The molecule has 0 aliphatic heterocycles. The van der Waals surface area contributed by atoms with Crippen LogP contribution in [0.3, 0.4) is 0 Å². The van der Waals surface area contributed by atoms with Gasteiger partial charge in [0.15, 0.2) is 0 Å². The Morgan fingerprint density at radius 2 is 1.94 bits per heavy atom. The van der Waals surface area contributed by atoms with Gasteiger partial charge in [0.1, 0.15) is 20.1 Å². The zero-order valence-electron chi connectivity index (χ0n) is 11.5. The van der Waals surface area contributed by atoms with E-state index >= 15 is 0 Å². The van der Waals surface area contributed by atoms with E-state index in [0.29, 0.717) is 12.1 Å². The summed E-state index contributed by atoms with van der Waals surface area (Å²) in [5.41, 5.74) is 1.59. The summed E-state index contributed by atoms with van der Waals surface area (Å²) in [6.45, 7) is 8.83. The highest BCUT2D eigenvalue weighted by molar-refractivity contribution is 5.86. The lowest BCUT2D eigenvalue weighted by Crippen LogP contribution is -2.45. The molecule has 3 nitrogen and oxygen atoms in total. The van der Waals surface area contributed by atoms with Gasteiger partial charge in [-0.3, -0.25) is 4.84 Å². The van der Waals surface area contributed by atoms with Crippen LogP contribution in [0.1, 0.15) is 25.8 Å². The van der Waals surface area contributed by atoms with Crippen LogP contribution in [0.25, 0.3) is 0 Å². The molecule has 0 saturated heterocycles. The maximum Gasteiger partial charge on any atom is 0.392 e. The minimum atomic E-state index is -0.332. The first kappa shape index (κ1) is 14.5. The zero-order valence-corrected chi connectivity index (χ0v) is 11.5. The van der Waals surface area contributed by atoms with E-state index in [9.17, 15) is 4.79 Å². The number of hydrogen-bond acceptors (Lipinski definition) is 2. The molecule has 0 radical (unpaired) electrons. The van der Waals surface area contributed by atoms with Gasteiger partial charge in [0.05, 0.1) is 0 Å². The van der Waals surface area contributed by atoms with Crippen LogP contribution >= 0.6 is 0 Å². The molecule has 0 spiro atoms. The van der Waals surface area contributed by atoms with Crippen molar-refractivity contribution in [2.24, 2.45) is 0 Å². The molecule has 1 rings (SSSR count). The summed E-state index contributed by atoms with van der Waals surface area (Å²) in [6.07, 6.45) is 0.951. The summed E-state index contributed by atoms with van der Waals surface area (Å²) < 4.78 is 0.256. The Hall–Kier alpha value is -1.61. The standard InChI is InChI=1S/C15H22NO2/c1-5-11-16(4,18-15(17)13(2)3)12-14-9-7-6-8-10-14/h6-10H,2,5,11-12H2,1,3-4H3/q+1. The molecule has 0 aliphatic carbocycles. The third kappa shape index (κ3) is 4.34. The number of hydrogen-bond donors (Lipinski definition) is 0. The van der Waals surface area contributed by atoms with E-state index in [2.05, 4.69) is 13.5 Å². The van der Waals surface area contributed by atoms with Crippen molar-refractivity contribution >= 4 is 5.97 Å². The highest BCUT2D eigenvalue weighted by atomic mass is 16.7. The summed E-state index contributed by atoms with van der Waals surface area (Å²) in [5, 5.41) is 0. The Bertz CT molecular complexity index is 414. The maximum atomic E-state index is 11.7. The molecule has 0 N–H and O–H groups in total. The van der Waals surface area contributed by atoms with Gasteiger partial charge in [-0.15, -0.1) is 4.65 Å². The van der Waals surface area contributed by atoms with Crippen molar-refractivity contribution in [3.63, 3.8) is 0 Å². The largest absolute Gasteiger partial charge is 0.392 e. The smallest absolute Gasteiger partial charge is 0.271 e. The molecule has 1 aromatic rings. The third-order valence-electron chi connectivity index (χ3n) is 2.71.